The van der Waals surface area contributed by atoms with E-state index in [4.69, 9.17) is 9.72 Å². The van der Waals surface area contributed by atoms with Gasteiger partial charge in [-0.3, -0.25) is 4.90 Å². The minimum Gasteiger partial charge on any atom is -0.492 e. The van der Waals surface area contributed by atoms with Gasteiger partial charge in [-0.2, -0.15) is 0 Å². The molecule has 0 unspecified atom stereocenters. The molecule has 1 fully saturated rings. The highest BCUT2D eigenvalue weighted by atomic mass is 16.5. The number of rotatable bonds is 11. The molecule has 0 spiro atoms. The number of aromatic nitrogens is 2. The van der Waals surface area contributed by atoms with Crippen LogP contribution < -0.4 is 10.1 Å². The summed E-state index contributed by atoms with van der Waals surface area (Å²) >= 11 is 0. The third-order valence-electron chi connectivity index (χ3n) is 6.50. The molecular weight excluding hydrogens is 410 g/mol. The first-order valence-corrected chi connectivity index (χ1v) is 12.5. The Balaban J connectivity index is 1.21. The Morgan fingerprint density at radius 2 is 1.79 bits per heavy atom. The van der Waals surface area contributed by atoms with Crippen LogP contribution in [0, 0.1) is 5.92 Å². The predicted molar refractivity (Wildman–Crippen MR) is 137 cm³/mol. The summed E-state index contributed by atoms with van der Waals surface area (Å²) in [6.07, 6.45) is 2.15. The van der Waals surface area contributed by atoms with Gasteiger partial charge in [0.25, 0.3) is 0 Å². The maximum Gasteiger partial charge on any atom is 0.119 e. The van der Waals surface area contributed by atoms with Gasteiger partial charge in [-0.25, -0.2) is 4.98 Å². The molecular formula is C27H39N5O. The highest BCUT2D eigenvalue weighted by Crippen LogP contribution is 2.20. The molecule has 0 atom stereocenters. The first-order valence-electron chi connectivity index (χ1n) is 12.5. The van der Waals surface area contributed by atoms with E-state index in [0.717, 1.165) is 80.5 Å². The average Bonchev–Trinajstić information content (AvgIpc) is 3.25. The molecule has 4 rings (SSSR count). The molecule has 1 aliphatic heterocycles. The van der Waals surface area contributed by atoms with Gasteiger partial charge >= 0.3 is 0 Å². The normalized spacial score (nSPS) is 15.4. The molecule has 2 heterocycles. The van der Waals surface area contributed by atoms with E-state index in [1.54, 1.807) is 0 Å². The quantitative estimate of drug-likeness (QED) is 0.441. The van der Waals surface area contributed by atoms with Crippen LogP contribution in [-0.4, -0.2) is 65.6 Å². The molecule has 33 heavy (non-hydrogen) atoms. The van der Waals surface area contributed by atoms with E-state index >= 15 is 0 Å². The number of fused-ring (bicyclic) bond motifs is 1. The van der Waals surface area contributed by atoms with Crippen LogP contribution in [0.25, 0.3) is 11.0 Å². The number of hydrogen-bond acceptors (Lipinski definition) is 5. The number of hydrogen-bond donors (Lipinski definition) is 2. The molecule has 0 amide bonds. The van der Waals surface area contributed by atoms with Crippen LogP contribution in [0.15, 0.2) is 42.5 Å². The topological polar surface area (TPSA) is 56.4 Å². The van der Waals surface area contributed by atoms with Crippen LogP contribution in [-0.2, 0) is 13.0 Å². The second-order valence-corrected chi connectivity index (χ2v) is 9.47. The summed E-state index contributed by atoms with van der Waals surface area (Å²) in [7, 11) is 0. The molecule has 178 valence electrons. The van der Waals surface area contributed by atoms with Gasteiger partial charge in [-0.1, -0.05) is 32.9 Å². The minimum atomic E-state index is 0.689. The van der Waals surface area contributed by atoms with Crippen molar-refractivity contribution in [3.05, 3.63) is 53.9 Å². The summed E-state index contributed by atoms with van der Waals surface area (Å²) in [5.74, 6) is 2.71. The van der Waals surface area contributed by atoms with E-state index in [1.807, 2.05) is 0 Å². The fraction of sp³-hybridized carbons (Fsp3) is 0.519. The highest BCUT2D eigenvalue weighted by molar-refractivity contribution is 5.79. The lowest BCUT2D eigenvalue weighted by Gasteiger charge is -2.33. The molecule has 0 saturated carbocycles. The molecule has 6 heteroatoms. The lowest BCUT2D eigenvalue weighted by molar-refractivity contribution is 0.121. The van der Waals surface area contributed by atoms with Gasteiger partial charge in [-0.05, 0) is 54.8 Å². The van der Waals surface area contributed by atoms with Crippen molar-refractivity contribution in [2.75, 3.05) is 51.2 Å². The SMILES string of the molecule is CCN1CCN(CCOc2ccc(CNc3ccc4nc(CCC(C)C)[nH]c4c3)cc2)CC1. The Morgan fingerprint density at radius 3 is 2.52 bits per heavy atom. The number of aromatic amines is 1. The van der Waals surface area contributed by atoms with Crippen molar-refractivity contribution in [1.82, 2.24) is 19.8 Å². The van der Waals surface area contributed by atoms with Crippen LogP contribution in [0.1, 0.15) is 38.6 Å². The van der Waals surface area contributed by atoms with Gasteiger partial charge in [0.05, 0.1) is 11.0 Å². The molecule has 0 aliphatic carbocycles. The van der Waals surface area contributed by atoms with Crippen molar-refractivity contribution >= 4 is 16.7 Å². The number of nitrogens with zero attached hydrogens (tertiary/aromatic N) is 3. The Labute approximate surface area is 198 Å². The van der Waals surface area contributed by atoms with Crippen molar-refractivity contribution in [3.8, 4) is 5.75 Å². The molecule has 1 saturated heterocycles. The summed E-state index contributed by atoms with van der Waals surface area (Å²) in [6.45, 7) is 15.0. The van der Waals surface area contributed by atoms with Crippen LogP contribution >= 0.6 is 0 Å². The van der Waals surface area contributed by atoms with Crippen LogP contribution in [0.4, 0.5) is 5.69 Å². The second-order valence-electron chi connectivity index (χ2n) is 9.47. The molecule has 2 N–H and O–H groups in total. The molecule has 1 aromatic heterocycles. The van der Waals surface area contributed by atoms with Crippen molar-refractivity contribution in [2.24, 2.45) is 5.92 Å². The zero-order valence-corrected chi connectivity index (χ0v) is 20.4. The van der Waals surface area contributed by atoms with Crippen LogP contribution in [0.2, 0.25) is 0 Å². The Morgan fingerprint density at radius 1 is 1.03 bits per heavy atom. The van der Waals surface area contributed by atoms with Crippen molar-refractivity contribution < 1.29 is 4.74 Å². The molecule has 6 nitrogen and oxygen atoms in total. The zero-order valence-electron chi connectivity index (χ0n) is 20.4. The first kappa shape index (κ1) is 23.6. The van der Waals surface area contributed by atoms with E-state index in [0.29, 0.717) is 5.92 Å². The summed E-state index contributed by atoms with van der Waals surface area (Å²) in [4.78, 5) is 13.2. The minimum absolute atomic E-state index is 0.689. The van der Waals surface area contributed by atoms with Crippen molar-refractivity contribution in [3.63, 3.8) is 0 Å². The van der Waals surface area contributed by atoms with E-state index in [-0.39, 0.29) is 0 Å². The Kier molecular flexibility index (Phi) is 8.24. The van der Waals surface area contributed by atoms with E-state index in [9.17, 15) is 0 Å². The van der Waals surface area contributed by atoms with Gasteiger partial charge in [-0.15, -0.1) is 0 Å². The molecule has 1 aliphatic rings. The number of benzene rings is 2. The monoisotopic (exact) mass is 449 g/mol. The van der Waals surface area contributed by atoms with Gasteiger partial charge < -0.3 is 19.9 Å². The first-order chi connectivity index (χ1) is 16.1. The molecule has 3 aromatic rings. The third-order valence-corrected chi connectivity index (χ3v) is 6.50. The van der Waals surface area contributed by atoms with Crippen LogP contribution in [0.5, 0.6) is 5.75 Å². The van der Waals surface area contributed by atoms with Gasteiger partial charge in [0.15, 0.2) is 0 Å². The Hall–Kier alpha value is -2.57. The predicted octanol–water partition coefficient (Wildman–Crippen LogP) is 4.78. The van der Waals surface area contributed by atoms with Gasteiger partial charge in [0.1, 0.15) is 18.2 Å². The fourth-order valence-corrected chi connectivity index (χ4v) is 4.25. The summed E-state index contributed by atoms with van der Waals surface area (Å²) in [5, 5.41) is 3.53. The smallest absolute Gasteiger partial charge is 0.119 e. The summed E-state index contributed by atoms with van der Waals surface area (Å²) in [6, 6.07) is 14.8. The number of piperazine rings is 1. The van der Waals surface area contributed by atoms with Gasteiger partial charge in [0.2, 0.25) is 0 Å². The molecule has 0 radical (unpaired) electrons. The Bertz CT molecular complexity index is 989. The van der Waals surface area contributed by atoms with E-state index in [2.05, 4.69) is 83.3 Å². The largest absolute Gasteiger partial charge is 0.492 e. The average molecular weight is 450 g/mol. The number of imidazole rings is 1. The fourth-order valence-electron chi connectivity index (χ4n) is 4.25. The standard InChI is InChI=1S/C27H39N5O/c1-4-31-13-15-32(16-14-31)17-18-33-24-9-6-22(7-10-24)20-28-23-8-11-25-26(19-23)30-27(29-25)12-5-21(2)3/h6-11,19,21,28H,4-5,12-18,20H2,1-3H3,(H,29,30). The maximum atomic E-state index is 5.98. The number of H-pyrrole nitrogens is 1. The van der Waals surface area contributed by atoms with Gasteiger partial charge in [0, 0.05) is 51.4 Å². The number of aryl methyl sites for hydroxylation is 1. The number of nitrogens with one attached hydrogen (secondary N) is 2. The lowest BCUT2D eigenvalue weighted by atomic mass is 10.1. The van der Waals surface area contributed by atoms with Crippen molar-refractivity contribution in [1.29, 1.82) is 0 Å². The number of anilines is 1. The number of likely N-dealkylation sites (N-methyl/N-ethyl adjacent to an activating group) is 1. The summed E-state index contributed by atoms with van der Waals surface area (Å²) < 4.78 is 5.98. The highest BCUT2D eigenvalue weighted by Gasteiger charge is 2.14. The third kappa shape index (κ3) is 6.95. The second kappa shape index (κ2) is 11.5. The zero-order chi connectivity index (χ0) is 23.0. The summed E-state index contributed by atoms with van der Waals surface area (Å²) in [5.41, 5.74) is 4.47. The maximum absolute atomic E-state index is 5.98. The van der Waals surface area contributed by atoms with E-state index in [1.165, 1.54) is 18.7 Å². The van der Waals surface area contributed by atoms with Crippen LogP contribution in [0.3, 0.4) is 0 Å². The van der Waals surface area contributed by atoms with E-state index < -0.39 is 0 Å². The molecule has 2 aromatic carbocycles. The lowest BCUT2D eigenvalue weighted by Crippen LogP contribution is -2.47. The van der Waals surface area contributed by atoms with Crippen molar-refractivity contribution in [2.45, 2.75) is 40.2 Å². The molecule has 0 bridgehead atoms. The number of ether oxygens (including phenoxy) is 1.